The second-order valence-corrected chi connectivity index (χ2v) is 3.87. The SMILES string of the molecule is Oc1cc(O)c2[nH]c3c(O)c(O)ccc3c2c1. The van der Waals surface area contributed by atoms with Crippen molar-refractivity contribution in [3.63, 3.8) is 0 Å². The van der Waals surface area contributed by atoms with Crippen molar-refractivity contribution in [2.75, 3.05) is 0 Å². The number of H-pyrrole nitrogens is 1. The third-order valence-electron chi connectivity index (χ3n) is 2.80. The minimum atomic E-state index is -0.280. The van der Waals surface area contributed by atoms with Crippen LogP contribution in [0.1, 0.15) is 0 Å². The van der Waals surface area contributed by atoms with Crippen LogP contribution in [0.5, 0.6) is 23.0 Å². The average Bonchev–Trinajstić information content (AvgIpc) is 2.63. The quantitative estimate of drug-likeness (QED) is 0.383. The van der Waals surface area contributed by atoms with E-state index >= 15 is 0 Å². The van der Waals surface area contributed by atoms with Crippen molar-refractivity contribution in [2.24, 2.45) is 0 Å². The van der Waals surface area contributed by atoms with Gasteiger partial charge in [-0.3, -0.25) is 0 Å². The van der Waals surface area contributed by atoms with Crippen LogP contribution in [0.25, 0.3) is 21.8 Å². The van der Waals surface area contributed by atoms with E-state index in [9.17, 15) is 20.4 Å². The van der Waals surface area contributed by atoms with Crippen molar-refractivity contribution in [3.8, 4) is 23.0 Å². The van der Waals surface area contributed by atoms with Gasteiger partial charge >= 0.3 is 0 Å². The largest absolute Gasteiger partial charge is 0.508 e. The number of benzene rings is 2. The van der Waals surface area contributed by atoms with Gasteiger partial charge < -0.3 is 25.4 Å². The monoisotopic (exact) mass is 231 g/mol. The zero-order valence-electron chi connectivity index (χ0n) is 8.60. The van der Waals surface area contributed by atoms with E-state index in [-0.39, 0.29) is 23.0 Å². The summed E-state index contributed by atoms with van der Waals surface area (Å²) in [5, 5.41) is 39.4. The molecule has 3 aromatic rings. The number of hydrogen-bond donors (Lipinski definition) is 5. The first-order valence-electron chi connectivity index (χ1n) is 4.96. The Balaban J connectivity index is 2.59. The molecular weight excluding hydrogens is 222 g/mol. The molecule has 0 saturated carbocycles. The fourth-order valence-electron chi connectivity index (χ4n) is 2.01. The summed E-state index contributed by atoms with van der Waals surface area (Å²) in [6.45, 7) is 0. The van der Waals surface area contributed by atoms with E-state index in [4.69, 9.17) is 0 Å². The summed E-state index contributed by atoms with van der Waals surface area (Å²) < 4.78 is 0. The van der Waals surface area contributed by atoms with Crippen LogP contribution in [-0.2, 0) is 0 Å². The maximum Gasteiger partial charge on any atom is 0.182 e. The minimum absolute atomic E-state index is 0.0662. The molecular formula is C12H9NO4. The molecule has 0 aliphatic carbocycles. The predicted octanol–water partition coefficient (Wildman–Crippen LogP) is 2.14. The maximum atomic E-state index is 9.69. The van der Waals surface area contributed by atoms with Crippen LogP contribution in [0.2, 0.25) is 0 Å². The third-order valence-corrected chi connectivity index (χ3v) is 2.80. The van der Waals surface area contributed by atoms with Gasteiger partial charge in [0, 0.05) is 16.8 Å². The number of aromatic amines is 1. The summed E-state index contributed by atoms with van der Waals surface area (Å²) in [6.07, 6.45) is 0. The molecule has 3 rings (SSSR count). The summed E-state index contributed by atoms with van der Waals surface area (Å²) in [4.78, 5) is 2.81. The Bertz CT molecular complexity index is 745. The van der Waals surface area contributed by atoms with Gasteiger partial charge in [-0.25, -0.2) is 0 Å². The molecule has 0 spiro atoms. The summed E-state index contributed by atoms with van der Waals surface area (Å²) >= 11 is 0. The number of phenolic OH excluding ortho intramolecular Hbond substituents is 4. The van der Waals surface area contributed by atoms with Gasteiger partial charge in [0.2, 0.25) is 0 Å². The molecule has 86 valence electrons. The van der Waals surface area contributed by atoms with Crippen molar-refractivity contribution in [2.45, 2.75) is 0 Å². The lowest BCUT2D eigenvalue weighted by atomic mass is 10.1. The van der Waals surface area contributed by atoms with E-state index in [1.807, 2.05) is 0 Å². The lowest BCUT2D eigenvalue weighted by molar-refractivity contribution is 0.407. The lowest BCUT2D eigenvalue weighted by Crippen LogP contribution is -1.71. The third kappa shape index (κ3) is 1.19. The Morgan fingerprint density at radius 2 is 1.53 bits per heavy atom. The molecule has 0 atom stereocenters. The molecule has 5 N–H and O–H groups in total. The first kappa shape index (κ1) is 9.65. The molecule has 0 aliphatic rings. The standard InChI is InChI=1S/C12H9NO4/c14-5-3-7-6-1-2-8(15)12(17)11(6)13-10(7)9(16)4-5/h1-4,13-17H. The predicted molar refractivity (Wildman–Crippen MR) is 62.5 cm³/mol. The highest BCUT2D eigenvalue weighted by Gasteiger charge is 2.14. The molecule has 1 aromatic heterocycles. The van der Waals surface area contributed by atoms with E-state index in [1.54, 1.807) is 6.07 Å². The van der Waals surface area contributed by atoms with Crippen molar-refractivity contribution < 1.29 is 20.4 Å². The highest BCUT2D eigenvalue weighted by Crippen LogP contribution is 2.40. The number of fused-ring (bicyclic) bond motifs is 3. The van der Waals surface area contributed by atoms with Crippen molar-refractivity contribution in [3.05, 3.63) is 24.3 Å². The van der Waals surface area contributed by atoms with Crippen molar-refractivity contribution in [1.82, 2.24) is 4.98 Å². The van der Waals surface area contributed by atoms with Crippen LogP contribution in [0.4, 0.5) is 0 Å². The molecule has 0 saturated heterocycles. The topological polar surface area (TPSA) is 96.7 Å². The van der Waals surface area contributed by atoms with E-state index in [2.05, 4.69) is 4.98 Å². The summed E-state index contributed by atoms with van der Waals surface area (Å²) in [7, 11) is 0. The van der Waals surface area contributed by atoms with E-state index < -0.39 is 0 Å². The smallest absolute Gasteiger partial charge is 0.182 e. The van der Waals surface area contributed by atoms with Crippen LogP contribution >= 0.6 is 0 Å². The molecule has 5 heteroatoms. The Morgan fingerprint density at radius 3 is 2.29 bits per heavy atom. The fourth-order valence-corrected chi connectivity index (χ4v) is 2.01. The van der Waals surface area contributed by atoms with Crippen LogP contribution in [-0.4, -0.2) is 25.4 Å². The average molecular weight is 231 g/mol. The second kappa shape index (κ2) is 2.98. The van der Waals surface area contributed by atoms with Crippen LogP contribution in [0.3, 0.4) is 0 Å². The fraction of sp³-hybridized carbons (Fsp3) is 0. The van der Waals surface area contributed by atoms with Gasteiger partial charge in [-0.05, 0) is 18.2 Å². The number of rotatable bonds is 0. The molecule has 17 heavy (non-hydrogen) atoms. The highest BCUT2D eigenvalue weighted by molar-refractivity contribution is 6.11. The van der Waals surface area contributed by atoms with Crippen LogP contribution in [0.15, 0.2) is 24.3 Å². The number of phenols is 4. The number of hydrogen-bond acceptors (Lipinski definition) is 4. The van der Waals surface area contributed by atoms with E-state index in [0.29, 0.717) is 21.8 Å². The molecule has 0 unspecified atom stereocenters. The van der Waals surface area contributed by atoms with Gasteiger partial charge in [-0.2, -0.15) is 0 Å². The Labute approximate surface area is 95.2 Å². The normalized spacial score (nSPS) is 11.3. The molecule has 2 aromatic carbocycles. The van der Waals surface area contributed by atoms with E-state index in [0.717, 1.165) is 0 Å². The molecule has 0 aliphatic heterocycles. The zero-order valence-corrected chi connectivity index (χ0v) is 8.60. The van der Waals surface area contributed by atoms with Gasteiger partial charge in [0.05, 0.1) is 11.0 Å². The van der Waals surface area contributed by atoms with Crippen molar-refractivity contribution in [1.29, 1.82) is 0 Å². The molecule has 0 radical (unpaired) electrons. The minimum Gasteiger partial charge on any atom is -0.508 e. The molecule has 0 bridgehead atoms. The Morgan fingerprint density at radius 1 is 0.765 bits per heavy atom. The highest BCUT2D eigenvalue weighted by atomic mass is 16.3. The lowest BCUT2D eigenvalue weighted by Gasteiger charge is -1.98. The zero-order chi connectivity index (χ0) is 12.2. The van der Waals surface area contributed by atoms with Gasteiger partial charge in [-0.1, -0.05) is 0 Å². The van der Waals surface area contributed by atoms with Crippen LogP contribution in [0, 0.1) is 0 Å². The number of aromatic nitrogens is 1. The van der Waals surface area contributed by atoms with Gasteiger partial charge in [0.1, 0.15) is 11.5 Å². The Kier molecular flexibility index (Phi) is 1.69. The van der Waals surface area contributed by atoms with Gasteiger partial charge in [0.25, 0.3) is 0 Å². The van der Waals surface area contributed by atoms with Crippen molar-refractivity contribution >= 4 is 21.8 Å². The summed E-state index contributed by atoms with van der Waals surface area (Å²) in [6, 6.07) is 5.63. The summed E-state index contributed by atoms with van der Waals surface area (Å²) in [5.41, 5.74) is 0.722. The Hall–Kier alpha value is -2.56. The van der Waals surface area contributed by atoms with Crippen LogP contribution < -0.4 is 0 Å². The summed E-state index contributed by atoms with van der Waals surface area (Å²) in [5.74, 6) is -0.705. The second-order valence-electron chi connectivity index (χ2n) is 3.87. The molecule has 0 fully saturated rings. The molecule has 0 amide bonds. The number of nitrogens with one attached hydrogen (secondary N) is 1. The molecule has 1 heterocycles. The van der Waals surface area contributed by atoms with Gasteiger partial charge in [0.15, 0.2) is 11.5 Å². The first-order valence-corrected chi connectivity index (χ1v) is 4.96. The molecule has 5 nitrogen and oxygen atoms in total. The first-order chi connectivity index (χ1) is 8.08. The van der Waals surface area contributed by atoms with E-state index in [1.165, 1.54) is 18.2 Å². The number of aromatic hydroxyl groups is 4. The maximum absolute atomic E-state index is 9.69. The van der Waals surface area contributed by atoms with Gasteiger partial charge in [-0.15, -0.1) is 0 Å².